The van der Waals surface area contributed by atoms with Crippen LogP contribution in [0, 0.1) is 5.92 Å². The lowest BCUT2D eigenvalue weighted by Gasteiger charge is -2.35. The lowest BCUT2D eigenvalue weighted by molar-refractivity contribution is 0.0978. The van der Waals surface area contributed by atoms with Crippen LogP contribution in [0.3, 0.4) is 0 Å². The van der Waals surface area contributed by atoms with E-state index in [0.29, 0.717) is 12.0 Å². The van der Waals surface area contributed by atoms with Crippen molar-refractivity contribution in [1.29, 1.82) is 0 Å². The highest BCUT2D eigenvalue weighted by atomic mass is 16.5. The molecular formula is C18H24N2O2. The van der Waals surface area contributed by atoms with E-state index in [1.54, 1.807) is 0 Å². The maximum Gasteiger partial charge on any atom is 0.315 e. The van der Waals surface area contributed by atoms with E-state index in [-0.39, 0.29) is 24.2 Å². The number of nitrogens with one attached hydrogen (secondary N) is 2. The van der Waals surface area contributed by atoms with E-state index in [1.165, 1.54) is 24.8 Å². The van der Waals surface area contributed by atoms with Crippen molar-refractivity contribution in [1.82, 2.24) is 10.6 Å². The molecule has 118 valence electrons. The lowest BCUT2D eigenvalue weighted by Crippen LogP contribution is -2.48. The largest absolute Gasteiger partial charge is 0.373 e. The first-order valence-electron chi connectivity index (χ1n) is 8.57. The predicted octanol–water partition coefficient (Wildman–Crippen LogP) is 3.15. The second kappa shape index (κ2) is 5.92. The van der Waals surface area contributed by atoms with Crippen molar-refractivity contribution < 1.29 is 9.53 Å². The van der Waals surface area contributed by atoms with Gasteiger partial charge in [0.05, 0.1) is 24.3 Å². The fourth-order valence-electron chi connectivity index (χ4n) is 4.05. The summed E-state index contributed by atoms with van der Waals surface area (Å²) in [5, 5.41) is 6.35. The standard InChI is InChI=1S/C18H24N2O2/c21-18(19-15-11-14-9-10-16(15)22-14)20-17(13-7-4-8-13)12-5-2-1-3-6-12/h1-3,5-6,13-17H,4,7-11H2,(H2,19,20,21)/t14-,15-,16-,17-/m1/s1. The van der Waals surface area contributed by atoms with Gasteiger partial charge in [0.2, 0.25) is 0 Å². The number of benzene rings is 1. The summed E-state index contributed by atoms with van der Waals surface area (Å²) in [6.07, 6.45) is 7.49. The van der Waals surface area contributed by atoms with Gasteiger partial charge in [0, 0.05) is 0 Å². The van der Waals surface area contributed by atoms with Crippen molar-refractivity contribution >= 4 is 6.03 Å². The Bertz CT molecular complexity index is 529. The molecule has 3 fully saturated rings. The van der Waals surface area contributed by atoms with Crippen LogP contribution < -0.4 is 10.6 Å². The molecule has 1 aliphatic carbocycles. The van der Waals surface area contributed by atoms with Crippen LogP contribution in [0.1, 0.15) is 50.1 Å². The molecule has 0 aromatic heterocycles. The summed E-state index contributed by atoms with van der Waals surface area (Å²) in [6.45, 7) is 0. The summed E-state index contributed by atoms with van der Waals surface area (Å²) in [5.41, 5.74) is 1.21. The number of urea groups is 1. The van der Waals surface area contributed by atoms with Gasteiger partial charge in [0.15, 0.2) is 0 Å². The topological polar surface area (TPSA) is 50.4 Å². The van der Waals surface area contributed by atoms with E-state index in [0.717, 1.165) is 19.3 Å². The van der Waals surface area contributed by atoms with E-state index in [2.05, 4.69) is 22.8 Å². The van der Waals surface area contributed by atoms with Gasteiger partial charge in [-0.3, -0.25) is 0 Å². The first kappa shape index (κ1) is 14.1. The van der Waals surface area contributed by atoms with Gasteiger partial charge in [-0.25, -0.2) is 4.79 Å². The van der Waals surface area contributed by atoms with Crippen LogP contribution in [-0.2, 0) is 4.74 Å². The Labute approximate surface area is 131 Å². The average Bonchev–Trinajstić information content (AvgIpc) is 3.08. The Balaban J connectivity index is 1.39. The van der Waals surface area contributed by atoms with Crippen LogP contribution in [0.2, 0.25) is 0 Å². The molecule has 0 unspecified atom stereocenters. The molecule has 22 heavy (non-hydrogen) atoms. The SMILES string of the molecule is O=C(N[C@H](c1ccccc1)C1CCC1)N[C@@H]1C[C@H]2CC[C@H]1O2. The molecule has 2 aliphatic heterocycles. The Morgan fingerprint density at radius 3 is 2.55 bits per heavy atom. The third-order valence-electron chi connectivity index (χ3n) is 5.49. The number of amides is 2. The molecule has 4 heteroatoms. The van der Waals surface area contributed by atoms with Crippen LogP contribution in [-0.4, -0.2) is 24.3 Å². The van der Waals surface area contributed by atoms with Gasteiger partial charge in [-0.2, -0.15) is 0 Å². The van der Waals surface area contributed by atoms with Gasteiger partial charge >= 0.3 is 6.03 Å². The zero-order chi connectivity index (χ0) is 14.9. The van der Waals surface area contributed by atoms with Crippen molar-refractivity contribution in [3.05, 3.63) is 35.9 Å². The van der Waals surface area contributed by atoms with Crippen molar-refractivity contribution in [2.75, 3.05) is 0 Å². The van der Waals surface area contributed by atoms with E-state index < -0.39 is 0 Å². The molecule has 1 aromatic rings. The number of hydrogen-bond acceptors (Lipinski definition) is 2. The number of hydrogen-bond donors (Lipinski definition) is 2. The van der Waals surface area contributed by atoms with Crippen LogP contribution in [0.25, 0.3) is 0 Å². The van der Waals surface area contributed by atoms with Gasteiger partial charge in [-0.05, 0) is 43.6 Å². The number of carbonyl (C=O) groups is 1. The van der Waals surface area contributed by atoms with Crippen LogP contribution >= 0.6 is 0 Å². The molecule has 1 saturated carbocycles. The molecule has 3 aliphatic rings. The Hall–Kier alpha value is -1.55. The Morgan fingerprint density at radius 1 is 1.14 bits per heavy atom. The summed E-state index contributed by atoms with van der Waals surface area (Å²) in [6, 6.07) is 10.6. The molecular weight excluding hydrogens is 276 g/mol. The summed E-state index contributed by atoms with van der Waals surface area (Å²) in [7, 11) is 0. The zero-order valence-electron chi connectivity index (χ0n) is 12.8. The smallest absolute Gasteiger partial charge is 0.315 e. The van der Waals surface area contributed by atoms with Crippen molar-refractivity contribution in [2.45, 2.75) is 62.8 Å². The highest BCUT2D eigenvalue weighted by Crippen LogP contribution is 2.38. The summed E-state index contributed by atoms with van der Waals surface area (Å²) < 4.78 is 5.81. The maximum absolute atomic E-state index is 12.4. The second-order valence-corrected chi connectivity index (χ2v) is 6.91. The van der Waals surface area contributed by atoms with Gasteiger partial charge in [-0.1, -0.05) is 36.8 Å². The highest BCUT2D eigenvalue weighted by Gasteiger charge is 2.41. The van der Waals surface area contributed by atoms with E-state index in [4.69, 9.17) is 4.74 Å². The van der Waals surface area contributed by atoms with Crippen LogP contribution in [0.4, 0.5) is 4.79 Å². The number of fused-ring (bicyclic) bond motifs is 2. The zero-order valence-corrected chi connectivity index (χ0v) is 12.8. The van der Waals surface area contributed by atoms with Crippen molar-refractivity contribution in [3.8, 4) is 0 Å². The molecule has 2 bridgehead atoms. The minimum absolute atomic E-state index is 0.0399. The molecule has 0 radical (unpaired) electrons. The first-order valence-corrected chi connectivity index (χ1v) is 8.57. The molecule has 4 rings (SSSR count). The molecule has 2 N–H and O–H groups in total. The minimum Gasteiger partial charge on any atom is -0.373 e. The van der Waals surface area contributed by atoms with Crippen LogP contribution in [0.5, 0.6) is 0 Å². The monoisotopic (exact) mass is 300 g/mol. The van der Waals surface area contributed by atoms with E-state index >= 15 is 0 Å². The van der Waals surface area contributed by atoms with Gasteiger partial charge < -0.3 is 15.4 Å². The summed E-state index contributed by atoms with van der Waals surface area (Å²) in [4.78, 5) is 12.4. The Kier molecular flexibility index (Phi) is 3.78. The number of rotatable bonds is 4. The van der Waals surface area contributed by atoms with Gasteiger partial charge in [0.25, 0.3) is 0 Å². The second-order valence-electron chi connectivity index (χ2n) is 6.91. The average molecular weight is 300 g/mol. The molecule has 4 atom stereocenters. The van der Waals surface area contributed by atoms with Crippen molar-refractivity contribution in [3.63, 3.8) is 0 Å². The van der Waals surface area contributed by atoms with Crippen LogP contribution in [0.15, 0.2) is 30.3 Å². The van der Waals surface area contributed by atoms with Gasteiger partial charge in [0.1, 0.15) is 0 Å². The minimum atomic E-state index is -0.0399. The normalized spacial score (nSPS) is 31.5. The van der Waals surface area contributed by atoms with Crippen molar-refractivity contribution in [2.24, 2.45) is 5.92 Å². The van der Waals surface area contributed by atoms with E-state index in [9.17, 15) is 4.79 Å². The summed E-state index contributed by atoms with van der Waals surface area (Å²) >= 11 is 0. The quantitative estimate of drug-likeness (QED) is 0.897. The van der Waals surface area contributed by atoms with Gasteiger partial charge in [-0.15, -0.1) is 0 Å². The summed E-state index contributed by atoms with van der Waals surface area (Å²) in [5.74, 6) is 0.574. The Morgan fingerprint density at radius 2 is 1.95 bits per heavy atom. The number of ether oxygens (including phenoxy) is 1. The van der Waals surface area contributed by atoms with E-state index in [1.807, 2.05) is 18.2 Å². The molecule has 0 spiro atoms. The fourth-order valence-corrected chi connectivity index (χ4v) is 4.05. The first-order chi connectivity index (χ1) is 10.8. The maximum atomic E-state index is 12.4. The third-order valence-corrected chi connectivity index (χ3v) is 5.49. The highest BCUT2D eigenvalue weighted by molar-refractivity contribution is 5.75. The number of carbonyl (C=O) groups excluding carboxylic acids is 1. The molecule has 4 nitrogen and oxygen atoms in total. The molecule has 2 saturated heterocycles. The fraction of sp³-hybridized carbons (Fsp3) is 0.611. The lowest BCUT2D eigenvalue weighted by atomic mass is 9.77. The molecule has 2 amide bonds. The predicted molar refractivity (Wildman–Crippen MR) is 84.5 cm³/mol. The molecule has 2 heterocycles. The third kappa shape index (κ3) is 2.72. The molecule has 1 aromatic carbocycles.